The number of rotatable bonds is 11. The molecule has 1 aliphatic heterocycles. The van der Waals surface area contributed by atoms with Gasteiger partial charge in [-0.25, -0.2) is 22.0 Å². The Morgan fingerprint density at radius 3 is 2.04 bits per heavy atom. The van der Waals surface area contributed by atoms with E-state index in [1.165, 1.54) is 5.56 Å². The summed E-state index contributed by atoms with van der Waals surface area (Å²) in [4.78, 5) is 14.7. The number of aliphatic hydroxyl groups excluding tert-OH is 1. The van der Waals surface area contributed by atoms with Gasteiger partial charge >= 0.3 is 0 Å². The van der Waals surface area contributed by atoms with Crippen molar-refractivity contribution < 1.29 is 41.3 Å². The van der Waals surface area contributed by atoms with Gasteiger partial charge in [0.1, 0.15) is 5.56 Å². The van der Waals surface area contributed by atoms with Gasteiger partial charge in [0.2, 0.25) is 5.82 Å². The van der Waals surface area contributed by atoms with Gasteiger partial charge in [-0.3, -0.25) is 9.69 Å². The summed E-state index contributed by atoms with van der Waals surface area (Å²) in [5.41, 5.74) is 4.23. The maximum Gasteiger partial charge on any atom is 0.257 e. The van der Waals surface area contributed by atoms with Gasteiger partial charge in [0.05, 0.1) is 18.8 Å². The molecule has 6 nitrogen and oxygen atoms in total. The minimum Gasteiger partial charge on any atom is -0.392 e. The van der Waals surface area contributed by atoms with Crippen molar-refractivity contribution in [2.45, 2.75) is 44.6 Å². The minimum absolute atomic E-state index is 0.0594. The average molecular weight is 703 g/mol. The molecule has 6 rings (SSSR count). The molecule has 0 saturated carbocycles. The molecule has 1 aliphatic rings. The van der Waals surface area contributed by atoms with Gasteiger partial charge in [0.25, 0.3) is 5.91 Å². The summed E-state index contributed by atoms with van der Waals surface area (Å²) in [5.74, 6) is -12.6. The number of likely N-dealkylation sites (N-methyl/N-ethyl adjacent to an activating group) is 1. The molecule has 11 heteroatoms. The second-order valence-electron chi connectivity index (χ2n) is 12.5. The van der Waals surface area contributed by atoms with E-state index >= 15 is 0 Å². The fraction of sp³-hybridized carbons (Fsp3) is 0.225. The number of amides is 1. The zero-order valence-electron chi connectivity index (χ0n) is 27.6. The minimum atomic E-state index is -2.33. The maximum absolute atomic E-state index is 14.2. The summed E-state index contributed by atoms with van der Waals surface area (Å²) in [6.07, 6.45) is -0.541. The highest BCUT2D eigenvalue weighted by Gasteiger charge is 2.33. The van der Waals surface area contributed by atoms with Crippen LogP contribution in [0.15, 0.2) is 103 Å². The first kappa shape index (κ1) is 35.9. The average Bonchev–Trinajstić information content (AvgIpc) is 3.16. The van der Waals surface area contributed by atoms with Gasteiger partial charge in [-0.15, -0.1) is 0 Å². The molecule has 1 fully saturated rings. The van der Waals surface area contributed by atoms with Gasteiger partial charge in [0.15, 0.2) is 29.6 Å². The molecule has 0 radical (unpaired) electrons. The van der Waals surface area contributed by atoms with Crippen LogP contribution in [-0.2, 0) is 29.2 Å². The zero-order valence-corrected chi connectivity index (χ0v) is 27.6. The number of nitrogens with zero attached hydrogens (tertiary/aromatic N) is 1. The van der Waals surface area contributed by atoms with Gasteiger partial charge in [-0.2, -0.15) is 0 Å². The normalized spacial score (nSPS) is 17.5. The molecule has 1 amide bonds. The molecule has 51 heavy (non-hydrogen) atoms. The van der Waals surface area contributed by atoms with Crippen LogP contribution in [-0.4, -0.2) is 35.6 Å². The quantitative estimate of drug-likeness (QED) is 0.0827. The number of hydrogen-bond acceptors (Lipinski definition) is 5. The first-order valence-electron chi connectivity index (χ1n) is 16.3. The van der Waals surface area contributed by atoms with Crippen molar-refractivity contribution in [2.75, 3.05) is 13.6 Å². The largest absolute Gasteiger partial charge is 0.392 e. The van der Waals surface area contributed by atoms with Crippen molar-refractivity contribution in [3.63, 3.8) is 0 Å². The van der Waals surface area contributed by atoms with Crippen LogP contribution in [0.3, 0.4) is 0 Å². The Morgan fingerprint density at radius 1 is 0.725 bits per heavy atom. The number of carbonyl (C=O) groups is 1. The highest BCUT2D eigenvalue weighted by atomic mass is 19.2. The number of halogens is 5. The number of aliphatic hydroxyl groups is 1. The van der Waals surface area contributed by atoms with E-state index < -0.39 is 46.8 Å². The summed E-state index contributed by atoms with van der Waals surface area (Å²) in [6.45, 7) is 1.10. The Balaban J connectivity index is 1.20. The fourth-order valence-electron chi connectivity index (χ4n) is 6.14. The molecular formula is C40H35F5N2O4. The third-order valence-electron chi connectivity index (χ3n) is 8.73. The third kappa shape index (κ3) is 8.34. The van der Waals surface area contributed by atoms with Crippen LogP contribution < -0.4 is 5.32 Å². The lowest BCUT2D eigenvalue weighted by Crippen LogP contribution is -2.37. The molecule has 5 aromatic rings. The predicted molar refractivity (Wildman–Crippen MR) is 180 cm³/mol. The van der Waals surface area contributed by atoms with E-state index in [0.717, 1.165) is 34.4 Å². The van der Waals surface area contributed by atoms with Crippen LogP contribution in [0.1, 0.15) is 57.0 Å². The first-order valence-corrected chi connectivity index (χ1v) is 16.3. The SMILES string of the molecule is CN(Cc1ccccc1)CC1CC(c2ccc(CO)cc2)OC(c2cccc(-c3cccc(CNC(=O)c4c(F)c(F)c(F)c(F)c4F)c3)c2)O1. The molecule has 264 valence electrons. The van der Waals surface area contributed by atoms with Gasteiger partial charge in [0, 0.05) is 31.6 Å². The number of nitrogens with one attached hydrogen (secondary N) is 1. The van der Waals surface area contributed by atoms with Crippen LogP contribution in [0.5, 0.6) is 0 Å². The molecule has 0 spiro atoms. The lowest BCUT2D eigenvalue weighted by molar-refractivity contribution is -0.252. The van der Waals surface area contributed by atoms with Crippen LogP contribution in [0.25, 0.3) is 11.1 Å². The Kier molecular flexibility index (Phi) is 11.2. The Bertz CT molecular complexity index is 1960. The molecule has 1 saturated heterocycles. The highest BCUT2D eigenvalue weighted by Crippen LogP contribution is 2.39. The van der Waals surface area contributed by atoms with Crippen LogP contribution in [0, 0.1) is 29.1 Å². The monoisotopic (exact) mass is 702 g/mol. The van der Waals surface area contributed by atoms with Crippen LogP contribution in [0.4, 0.5) is 22.0 Å². The van der Waals surface area contributed by atoms with E-state index in [1.54, 1.807) is 18.2 Å². The second-order valence-corrected chi connectivity index (χ2v) is 12.5. The topological polar surface area (TPSA) is 71.0 Å². The molecular weight excluding hydrogens is 667 g/mol. The molecule has 0 aromatic heterocycles. The molecule has 0 aliphatic carbocycles. The number of ether oxygens (including phenoxy) is 2. The zero-order chi connectivity index (χ0) is 36.1. The van der Waals surface area contributed by atoms with Crippen molar-refractivity contribution in [1.29, 1.82) is 0 Å². The number of carbonyl (C=O) groups excluding carboxylic acids is 1. The molecule has 3 atom stereocenters. The summed E-state index contributed by atoms with van der Waals surface area (Å²) in [5, 5.41) is 11.8. The number of hydrogen-bond donors (Lipinski definition) is 2. The van der Waals surface area contributed by atoms with Crippen LogP contribution in [0.2, 0.25) is 0 Å². The predicted octanol–water partition coefficient (Wildman–Crippen LogP) is 8.15. The molecule has 3 unspecified atom stereocenters. The lowest BCUT2D eigenvalue weighted by atomic mass is 9.98. The Labute approximate surface area is 292 Å². The molecule has 2 N–H and O–H groups in total. The van der Waals surface area contributed by atoms with Crippen molar-refractivity contribution in [3.8, 4) is 11.1 Å². The number of benzene rings is 5. The summed E-state index contributed by atoms with van der Waals surface area (Å²) in [6, 6.07) is 32.4. The summed E-state index contributed by atoms with van der Waals surface area (Å²) < 4.78 is 82.2. The van der Waals surface area contributed by atoms with Crippen molar-refractivity contribution in [2.24, 2.45) is 0 Å². The molecule has 0 bridgehead atoms. The third-order valence-corrected chi connectivity index (χ3v) is 8.73. The van der Waals surface area contributed by atoms with Crippen molar-refractivity contribution >= 4 is 5.91 Å². The lowest BCUT2D eigenvalue weighted by Gasteiger charge is -2.38. The summed E-state index contributed by atoms with van der Waals surface area (Å²) in [7, 11) is 2.05. The van der Waals surface area contributed by atoms with E-state index in [9.17, 15) is 31.9 Å². The van der Waals surface area contributed by atoms with Gasteiger partial charge in [-0.1, -0.05) is 91.0 Å². The van der Waals surface area contributed by atoms with Crippen molar-refractivity contribution in [3.05, 3.63) is 166 Å². The second kappa shape index (κ2) is 15.9. The Morgan fingerprint density at radius 2 is 1.35 bits per heavy atom. The van der Waals surface area contributed by atoms with E-state index in [4.69, 9.17) is 9.47 Å². The standard InChI is InChI=1S/C40H35F5N2O4/c1-47(21-24-7-3-2-4-8-24)22-31-19-32(27-15-13-25(23-48)14-16-27)51-40(50-31)30-12-6-11-29(18-30)28-10-5-9-26(17-28)20-46-39(49)33-34(41)36(43)38(45)37(44)35(33)42/h2-18,31-32,40,48H,19-23H2,1H3,(H,46,49). The van der Waals surface area contributed by atoms with E-state index in [2.05, 4.69) is 22.3 Å². The van der Waals surface area contributed by atoms with Crippen LogP contribution >= 0.6 is 0 Å². The van der Waals surface area contributed by atoms with E-state index in [1.807, 2.05) is 79.8 Å². The smallest absolute Gasteiger partial charge is 0.257 e. The highest BCUT2D eigenvalue weighted by molar-refractivity contribution is 5.94. The van der Waals surface area contributed by atoms with E-state index in [-0.39, 0.29) is 25.4 Å². The summed E-state index contributed by atoms with van der Waals surface area (Å²) >= 11 is 0. The molecule has 1 heterocycles. The van der Waals surface area contributed by atoms with E-state index in [0.29, 0.717) is 18.5 Å². The maximum atomic E-state index is 14.2. The molecule has 5 aromatic carbocycles. The van der Waals surface area contributed by atoms with Gasteiger partial charge < -0.3 is 19.9 Å². The fourth-order valence-corrected chi connectivity index (χ4v) is 6.14. The van der Waals surface area contributed by atoms with Crippen molar-refractivity contribution in [1.82, 2.24) is 10.2 Å². The van der Waals surface area contributed by atoms with Gasteiger partial charge in [-0.05, 0) is 52.6 Å². The first-order chi connectivity index (χ1) is 24.6. The Hall–Kier alpha value is -4.94.